The predicted octanol–water partition coefficient (Wildman–Crippen LogP) is 3.86. The van der Waals surface area contributed by atoms with Crippen LogP contribution in [0.5, 0.6) is 0 Å². The van der Waals surface area contributed by atoms with E-state index in [9.17, 15) is 0 Å². The Hall–Kier alpha value is -0.340. The van der Waals surface area contributed by atoms with Gasteiger partial charge in [0.25, 0.3) is 0 Å². The summed E-state index contributed by atoms with van der Waals surface area (Å²) in [6, 6.07) is 6.49. The van der Waals surface area contributed by atoms with Crippen LogP contribution < -0.4 is 0 Å². The lowest BCUT2D eigenvalue weighted by atomic mass is 10.1. The van der Waals surface area contributed by atoms with Crippen LogP contribution in [0.15, 0.2) is 22.7 Å². The van der Waals surface area contributed by atoms with E-state index in [0.29, 0.717) is 12.2 Å². The van der Waals surface area contributed by atoms with Crippen LogP contribution in [-0.4, -0.2) is 6.10 Å². The molecule has 0 unspecified atom stereocenters. The van der Waals surface area contributed by atoms with Crippen molar-refractivity contribution >= 4 is 15.9 Å². The van der Waals surface area contributed by atoms with Crippen LogP contribution in [0.4, 0.5) is 0 Å². The second-order valence-electron chi connectivity index (χ2n) is 4.06. The number of rotatable bonds is 2. The minimum absolute atomic E-state index is 0.314. The highest BCUT2D eigenvalue weighted by molar-refractivity contribution is 9.10. The standard InChI is InChI=1S/C12H15BrO/c1-8(2)14-12-6-3-9-7-10(13)4-5-11(9)12/h4-5,7-8,12H,3,6H2,1-2H3/t12-/m1/s1. The molecular formula is C12H15BrO. The molecule has 76 valence electrons. The van der Waals surface area contributed by atoms with E-state index >= 15 is 0 Å². The molecule has 0 fully saturated rings. The third-order valence-electron chi connectivity index (χ3n) is 2.56. The van der Waals surface area contributed by atoms with Gasteiger partial charge in [-0.1, -0.05) is 22.0 Å². The van der Waals surface area contributed by atoms with Crippen molar-refractivity contribution in [2.75, 3.05) is 0 Å². The van der Waals surface area contributed by atoms with E-state index in [4.69, 9.17) is 4.74 Å². The zero-order valence-corrected chi connectivity index (χ0v) is 10.2. The normalized spacial score (nSPS) is 20.1. The number of hydrogen-bond donors (Lipinski definition) is 0. The molecule has 0 saturated heterocycles. The second-order valence-corrected chi connectivity index (χ2v) is 4.97. The van der Waals surface area contributed by atoms with Gasteiger partial charge in [0.2, 0.25) is 0 Å². The summed E-state index contributed by atoms with van der Waals surface area (Å²) in [5, 5.41) is 0. The van der Waals surface area contributed by atoms with Crippen LogP contribution in [0.1, 0.15) is 37.5 Å². The zero-order valence-electron chi connectivity index (χ0n) is 8.59. The summed E-state index contributed by atoms with van der Waals surface area (Å²) in [4.78, 5) is 0. The van der Waals surface area contributed by atoms with Crippen LogP contribution in [0.25, 0.3) is 0 Å². The molecule has 0 radical (unpaired) electrons. The molecule has 1 aliphatic rings. The van der Waals surface area contributed by atoms with Crippen molar-refractivity contribution < 1.29 is 4.74 Å². The molecule has 0 bridgehead atoms. The molecule has 0 spiro atoms. The number of ether oxygens (including phenoxy) is 1. The fraction of sp³-hybridized carbons (Fsp3) is 0.500. The van der Waals surface area contributed by atoms with Gasteiger partial charge in [-0.25, -0.2) is 0 Å². The highest BCUT2D eigenvalue weighted by Gasteiger charge is 2.23. The van der Waals surface area contributed by atoms with Crippen LogP contribution >= 0.6 is 15.9 Å². The molecule has 0 amide bonds. The Bertz CT molecular complexity index is 333. The van der Waals surface area contributed by atoms with Gasteiger partial charge in [-0.05, 0) is 49.9 Å². The number of halogens is 1. The van der Waals surface area contributed by atoms with Gasteiger partial charge in [0, 0.05) is 4.47 Å². The molecule has 1 nitrogen and oxygen atoms in total. The Morgan fingerprint density at radius 2 is 2.21 bits per heavy atom. The summed E-state index contributed by atoms with van der Waals surface area (Å²) in [7, 11) is 0. The summed E-state index contributed by atoms with van der Waals surface area (Å²) < 4.78 is 7.03. The summed E-state index contributed by atoms with van der Waals surface area (Å²) in [5.41, 5.74) is 2.81. The minimum Gasteiger partial charge on any atom is -0.371 e. The summed E-state index contributed by atoms with van der Waals surface area (Å²) in [5.74, 6) is 0. The second kappa shape index (κ2) is 4.03. The highest BCUT2D eigenvalue weighted by atomic mass is 79.9. The Morgan fingerprint density at radius 3 is 2.93 bits per heavy atom. The van der Waals surface area contributed by atoms with E-state index in [1.807, 2.05) is 0 Å². The Morgan fingerprint density at radius 1 is 1.43 bits per heavy atom. The van der Waals surface area contributed by atoms with Crippen molar-refractivity contribution in [1.29, 1.82) is 0 Å². The third-order valence-corrected chi connectivity index (χ3v) is 3.06. The molecule has 1 aliphatic carbocycles. The monoisotopic (exact) mass is 254 g/mol. The molecule has 1 aromatic carbocycles. The smallest absolute Gasteiger partial charge is 0.0834 e. The fourth-order valence-corrected chi connectivity index (χ4v) is 2.43. The van der Waals surface area contributed by atoms with Gasteiger partial charge in [0.05, 0.1) is 12.2 Å². The van der Waals surface area contributed by atoms with Gasteiger partial charge < -0.3 is 4.74 Å². The van der Waals surface area contributed by atoms with Gasteiger partial charge in [0.15, 0.2) is 0 Å². The minimum atomic E-state index is 0.314. The first-order valence-electron chi connectivity index (χ1n) is 5.10. The molecule has 0 N–H and O–H groups in total. The maximum absolute atomic E-state index is 5.86. The number of hydrogen-bond acceptors (Lipinski definition) is 1. The van der Waals surface area contributed by atoms with Crippen molar-refractivity contribution in [2.24, 2.45) is 0 Å². The molecule has 0 saturated carbocycles. The largest absolute Gasteiger partial charge is 0.371 e. The summed E-state index contributed by atoms with van der Waals surface area (Å²) in [6.45, 7) is 4.19. The number of benzene rings is 1. The quantitative estimate of drug-likeness (QED) is 0.779. The Labute approximate surface area is 93.6 Å². The van der Waals surface area contributed by atoms with E-state index in [2.05, 4.69) is 48.0 Å². The maximum atomic E-state index is 5.86. The van der Waals surface area contributed by atoms with Gasteiger partial charge in [-0.15, -0.1) is 0 Å². The molecule has 0 aromatic heterocycles. The van der Waals surface area contributed by atoms with Crippen LogP contribution in [0.3, 0.4) is 0 Å². The molecule has 2 heteroatoms. The Balaban J connectivity index is 2.22. The lowest BCUT2D eigenvalue weighted by Gasteiger charge is -2.16. The summed E-state index contributed by atoms with van der Waals surface area (Å²) >= 11 is 3.49. The molecule has 0 aliphatic heterocycles. The average Bonchev–Trinajstić information content (AvgIpc) is 2.47. The molecule has 0 heterocycles. The van der Waals surface area contributed by atoms with Gasteiger partial charge in [-0.2, -0.15) is 0 Å². The van der Waals surface area contributed by atoms with Gasteiger partial charge in [0.1, 0.15) is 0 Å². The molecule has 2 rings (SSSR count). The van der Waals surface area contributed by atoms with Crippen LogP contribution in [0, 0.1) is 0 Å². The first-order valence-corrected chi connectivity index (χ1v) is 5.90. The number of aryl methyl sites for hydroxylation is 1. The first-order chi connectivity index (χ1) is 6.66. The van der Waals surface area contributed by atoms with E-state index < -0.39 is 0 Å². The number of fused-ring (bicyclic) bond motifs is 1. The highest BCUT2D eigenvalue weighted by Crippen LogP contribution is 2.35. The van der Waals surface area contributed by atoms with E-state index in [-0.39, 0.29) is 0 Å². The topological polar surface area (TPSA) is 9.23 Å². The fourth-order valence-electron chi connectivity index (χ4n) is 2.02. The molecule has 14 heavy (non-hydrogen) atoms. The Kier molecular flexibility index (Phi) is 2.93. The van der Waals surface area contributed by atoms with Crippen molar-refractivity contribution in [2.45, 2.75) is 38.9 Å². The summed E-state index contributed by atoms with van der Waals surface area (Å²) in [6.07, 6.45) is 2.91. The first kappa shape index (κ1) is 10.2. The van der Waals surface area contributed by atoms with Gasteiger partial charge in [-0.3, -0.25) is 0 Å². The lowest BCUT2D eigenvalue weighted by Crippen LogP contribution is -2.07. The molecule has 1 atom stereocenters. The van der Waals surface area contributed by atoms with Crippen LogP contribution in [-0.2, 0) is 11.2 Å². The van der Waals surface area contributed by atoms with Crippen LogP contribution in [0.2, 0.25) is 0 Å². The van der Waals surface area contributed by atoms with E-state index in [1.165, 1.54) is 15.6 Å². The molecular weight excluding hydrogens is 240 g/mol. The maximum Gasteiger partial charge on any atom is 0.0834 e. The van der Waals surface area contributed by atoms with Gasteiger partial charge >= 0.3 is 0 Å². The lowest BCUT2D eigenvalue weighted by molar-refractivity contribution is 0.00790. The van der Waals surface area contributed by atoms with Crippen molar-refractivity contribution in [1.82, 2.24) is 0 Å². The zero-order chi connectivity index (χ0) is 10.1. The average molecular weight is 255 g/mol. The third kappa shape index (κ3) is 2.01. The van der Waals surface area contributed by atoms with Crippen molar-refractivity contribution in [3.63, 3.8) is 0 Å². The molecule has 1 aromatic rings. The predicted molar refractivity (Wildman–Crippen MR) is 61.4 cm³/mol. The van der Waals surface area contributed by atoms with Crippen molar-refractivity contribution in [3.8, 4) is 0 Å². The van der Waals surface area contributed by atoms with E-state index in [0.717, 1.165) is 12.8 Å². The van der Waals surface area contributed by atoms with E-state index in [1.54, 1.807) is 0 Å². The SMILES string of the molecule is CC(C)O[C@@H]1CCc2cc(Br)ccc21. The van der Waals surface area contributed by atoms with Crippen molar-refractivity contribution in [3.05, 3.63) is 33.8 Å².